The van der Waals surface area contributed by atoms with Gasteiger partial charge in [0.25, 0.3) is 0 Å². The molecule has 1 aromatic carbocycles. The van der Waals surface area contributed by atoms with Gasteiger partial charge in [-0.15, -0.1) is 0 Å². The van der Waals surface area contributed by atoms with Crippen LogP contribution in [0.4, 0.5) is 0 Å². The molecule has 0 unspecified atom stereocenters. The van der Waals surface area contributed by atoms with Crippen LogP contribution in [0.5, 0.6) is 0 Å². The van der Waals surface area contributed by atoms with E-state index in [2.05, 4.69) is 46.6 Å². The summed E-state index contributed by atoms with van der Waals surface area (Å²) in [5.74, 6) is 1.35. The van der Waals surface area contributed by atoms with Crippen LogP contribution in [0.1, 0.15) is 35.8 Å². The molecule has 0 spiro atoms. The highest BCUT2D eigenvalue weighted by Gasteiger charge is 2.43. The Labute approximate surface area is 88.9 Å². The number of nitrogens with zero attached hydrogens (tertiary/aromatic N) is 1. The molecule has 0 aliphatic heterocycles. The summed E-state index contributed by atoms with van der Waals surface area (Å²) in [6.45, 7) is 0. The van der Waals surface area contributed by atoms with Crippen molar-refractivity contribution in [1.29, 1.82) is 0 Å². The molecule has 2 aliphatic rings. The molecule has 0 aromatic heterocycles. The molecule has 0 heterocycles. The number of aliphatic imine (C=N–C) groups is 1. The molecule has 2 bridgehead atoms. The van der Waals surface area contributed by atoms with Crippen LogP contribution in [-0.2, 0) is 0 Å². The van der Waals surface area contributed by atoms with Gasteiger partial charge >= 0.3 is 0 Å². The van der Waals surface area contributed by atoms with Crippen molar-refractivity contribution in [3.8, 4) is 0 Å². The number of thiocarbonyl (C=S) groups is 1. The van der Waals surface area contributed by atoms with Gasteiger partial charge in [-0.3, -0.25) is 0 Å². The molecule has 3 rings (SSSR count). The van der Waals surface area contributed by atoms with E-state index in [1.165, 1.54) is 18.4 Å². The lowest BCUT2D eigenvalue weighted by Crippen LogP contribution is -2.13. The van der Waals surface area contributed by atoms with Crippen LogP contribution in [0.3, 0.4) is 0 Å². The minimum Gasteiger partial charge on any atom is -0.228 e. The SMILES string of the molecule is S=C=N[C@H]1C[C@H]2C[C@@H]1c1ccccc12. The van der Waals surface area contributed by atoms with Crippen molar-refractivity contribution in [2.24, 2.45) is 4.99 Å². The quantitative estimate of drug-likeness (QED) is 0.502. The third kappa shape index (κ3) is 1.01. The first-order chi connectivity index (χ1) is 6.90. The Morgan fingerprint density at radius 2 is 2.00 bits per heavy atom. The maximum absolute atomic E-state index is 4.69. The summed E-state index contributed by atoms with van der Waals surface area (Å²) in [5.41, 5.74) is 3.05. The van der Waals surface area contributed by atoms with E-state index in [0.29, 0.717) is 12.0 Å². The fraction of sp³-hybridized carbons (Fsp3) is 0.417. The van der Waals surface area contributed by atoms with Crippen LogP contribution in [0.2, 0.25) is 0 Å². The zero-order valence-corrected chi connectivity index (χ0v) is 8.63. The molecule has 1 saturated carbocycles. The second kappa shape index (κ2) is 3.01. The van der Waals surface area contributed by atoms with Gasteiger partial charge in [0.2, 0.25) is 0 Å². The highest BCUT2D eigenvalue weighted by atomic mass is 32.1. The molecular weight excluding hydrogens is 190 g/mol. The van der Waals surface area contributed by atoms with Gasteiger partial charge in [0.1, 0.15) is 0 Å². The lowest BCUT2D eigenvalue weighted by atomic mass is 9.89. The fourth-order valence-electron chi connectivity index (χ4n) is 3.03. The molecule has 14 heavy (non-hydrogen) atoms. The number of isothiocyanates is 1. The number of hydrogen-bond acceptors (Lipinski definition) is 2. The van der Waals surface area contributed by atoms with Gasteiger partial charge in [0.15, 0.2) is 0 Å². The zero-order valence-electron chi connectivity index (χ0n) is 7.81. The van der Waals surface area contributed by atoms with Crippen LogP contribution >= 0.6 is 12.2 Å². The lowest BCUT2D eigenvalue weighted by Gasteiger charge is -2.19. The Morgan fingerprint density at radius 3 is 2.79 bits per heavy atom. The molecule has 1 fully saturated rings. The summed E-state index contributed by atoms with van der Waals surface area (Å²) < 4.78 is 0. The number of fused-ring (bicyclic) bond motifs is 5. The molecular formula is C12H11NS. The minimum absolute atomic E-state index is 0.410. The molecule has 0 N–H and O–H groups in total. The molecule has 70 valence electrons. The first-order valence-electron chi connectivity index (χ1n) is 5.06. The van der Waals surface area contributed by atoms with E-state index in [0.717, 1.165) is 5.92 Å². The molecule has 0 amide bonds. The van der Waals surface area contributed by atoms with E-state index in [1.807, 2.05) is 0 Å². The Bertz CT molecular complexity index is 420. The smallest absolute Gasteiger partial charge is 0.0677 e. The van der Waals surface area contributed by atoms with E-state index >= 15 is 0 Å². The second-order valence-corrected chi connectivity index (χ2v) is 4.37. The standard InChI is InChI=1S/C12H11NS/c14-7-13-12-6-8-5-11(12)10-4-2-1-3-9(8)10/h1-4,8,11-12H,5-6H2/t8-,11-,12+/m1/s1. The maximum atomic E-state index is 4.69. The van der Waals surface area contributed by atoms with Gasteiger partial charge in [-0.2, -0.15) is 0 Å². The Kier molecular flexibility index (Phi) is 1.79. The van der Waals surface area contributed by atoms with E-state index < -0.39 is 0 Å². The molecule has 0 radical (unpaired) electrons. The van der Waals surface area contributed by atoms with Crippen molar-refractivity contribution in [2.75, 3.05) is 0 Å². The zero-order chi connectivity index (χ0) is 9.54. The van der Waals surface area contributed by atoms with Crippen molar-refractivity contribution >= 4 is 17.4 Å². The van der Waals surface area contributed by atoms with Gasteiger partial charge < -0.3 is 0 Å². The lowest BCUT2D eigenvalue weighted by molar-refractivity contribution is 0.601. The predicted molar refractivity (Wildman–Crippen MR) is 60.0 cm³/mol. The van der Waals surface area contributed by atoms with Crippen LogP contribution in [0.25, 0.3) is 0 Å². The molecule has 2 aliphatic carbocycles. The van der Waals surface area contributed by atoms with Crippen LogP contribution in [0, 0.1) is 0 Å². The Balaban J connectivity index is 2.06. The number of hydrogen-bond donors (Lipinski definition) is 0. The van der Waals surface area contributed by atoms with Crippen molar-refractivity contribution < 1.29 is 0 Å². The summed E-state index contributed by atoms with van der Waals surface area (Å²) >= 11 is 4.69. The average Bonchev–Trinajstić information content (AvgIpc) is 2.77. The van der Waals surface area contributed by atoms with Gasteiger partial charge in [-0.05, 0) is 42.1 Å². The average molecular weight is 201 g/mol. The van der Waals surface area contributed by atoms with Crippen molar-refractivity contribution in [3.05, 3.63) is 35.4 Å². The summed E-state index contributed by atoms with van der Waals surface area (Å²) in [6.07, 6.45) is 2.44. The monoisotopic (exact) mass is 201 g/mol. The largest absolute Gasteiger partial charge is 0.228 e. The highest BCUT2D eigenvalue weighted by Crippen LogP contribution is 2.53. The normalized spacial score (nSPS) is 32.4. The molecule has 3 atom stereocenters. The van der Waals surface area contributed by atoms with Crippen LogP contribution in [0.15, 0.2) is 29.3 Å². The van der Waals surface area contributed by atoms with Gasteiger partial charge in [-0.25, -0.2) is 4.99 Å². The summed E-state index contributed by atoms with van der Waals surface area (Å²) in [5, 5.41) is 2.53. The maximum Gasteiger partial charge on any atom is 0.0677 e. The minimum atomic E-state index is 0.410. The first kappa shape index (κ1) is 8.34. The van der Waals surface area contributed by atoms with Gasteiger partial charge in [0.05, 0.1) is 11.2 Å². The van der Waals surface area contributed by atoms with Crippen LogP contribution in [-0.4, -0.2) is 11.2 Å². The predicted octanol–water partition coefficient (Wildman–Crippen LogP) is 3.13. The Hall–Kier alpha value is -0.980. The summed E-state index contributed by atoms with van der Waals surface area (Å²) in [7, 11) is 0. The third-order valence-corrected chi connectivity index (χ3v) is 3.69. The van der Waals surface area contributed by atoms with Gasteiger partial charge in [-0.1, -0.05) is 24.3 Å². The van der Waals surface area contributed by atoms with E-state index in [1.54, 1.807) is 5.56 Å². The molecule has 0 saturated heterocycles. The molecule has 1 aromatic rings. The van der Waals surface area contributed by atoms with Crippen LogP contribution < -0.4 is 0 Å². The fourth-order valence-corrected chi connectivity index (χ4v) is 3.17. The highest BCUT2D eigenvalue weighted by molar-refractivity contribution is 7.78. The molecule has 2 heteroatoms. The first-order valence-corrected chi connectivity index (χ1v) is 5.47. The van der Waals surface area contributed by atoms with E-state index in [4.69, 9.17) is 0 Å². The molecule has 1 nitrogen and oxygen atoms in total. The summed E-state index contributed by atoms with van der Waals surface area (Å²) in [6, 6.07) is 9.17. The van der Waals surface area contributed by atoms with Gasteiger partial charge in [0, 0.05) is 5.92 Å². The van der Waals surface area contributed by atoms with Crippen molar-refractivity contribution in [2.45, 2.75) is 30.7 Å². The number of rotatable bonds is 1. The van der Waals surface area contributed by atoms with E-state index in [9.17, 15) is 0 Å². The van der Waals surface area contributed by atoms with E-state index in [-0.39, 0.29) is 0 Å². The second-order valence-electron chi connectivity index (χ2n) is 4.19. The Morgan fingerprint density at radius 1 is 1.21 bits per heavy atom. The summed E-state index contributed by atoms with van der Waals surface area (Å²) in [4.78, 5) is 4.27. The number of benzene rings is 1. The topological polar surface area (TPSA) is 12.4 Å². The van der Waals surface area contributed by atoms with Crippen molar-refractivity contribution in [1.82, 2.24) is 0 Å². The van der Waals surface area contributed by atoms with Crippen molar-refractivity contribution in [3.63, 3.8) is 0 Å². The third-order valence-electron chi connectivity index (χ3n) is 3.58.